The number of benzene rings is 1. The van der Waals surface area contributed by atoms with Crippen molar-refractivity contribution in [2.75, 3.05) is 6.61 Å². The molecular weight excluding hydrogens is 226 g/mol. The molecule has 0 radical (unpaired) electrons. The van der Waals surface area contributed by atoms with Crippen molar-refractivity contribution in [2.24, 2.45) is 0 Å². The monoisotopic (exact) mass is 247 g/mol. The SMILES string of the molecule is CC(C)c1ccc(C(=O)NC2(CO)CCC2)cc1. The molecule has 0 bridgehead atoms. The first-order valence-electron chi connectivity index (χ1n) is 6.60. The van der Waals surface area contributed by atoms with Crippen molar-refractivity contribution in [3.05, 3.63) is 35.4 Å². The molecule has 1 amide bonds. The van der Waals surface area contributed by atoms with Gasteiger partial charge in [-0.25, -0.2) is 0 Å². The smallest absolute Gasteiger partial charge is 0.251 e. The number of hydrogen-bond donors (Lipinski definition) is 2. The maximum atomic E-state index is 12.1. The zero-order chi connectivity index (χ0) is 13.2. The van der Waals surface area contributed by atoms with Crippen LogP contribution in [-0.4, -0.2) is 23.2 Å². The van der Waals surface area contributed by atoms with Crippen LogP contribution < -0.4 is 5.32 Å². The van der Waals surface area contributed by atoms with Crippen molar-refractivity contribution in [2.45, 2.75) is 44.6 Å². The molecule has 2 rings (SSSR count). The fourth-order valence-corrected chi connectivity index (χ4v) is 2.26. The number of nitrogens with one attached hydrogen (secondary N) is 1. The van der Waals surface area contributed by atoms with Crippen LogP contribution in [0.3, 0.4) is 0 Å². The van der Waals surface area contributed by atoms with E-state index in [9.17, 15) is 9.90 Å². The van der Waals surface area contributed by atoms with Gasteiger partial charge in [0.15, 0.2) is 0 Å². The lowest BCUT2D eigenvalue weighted by Crippen LogP contribution is -2.56. The summed E-state index contributed by atoms with van der Waals surface area (Å²) in [6.07, 6.45) is 2.83. The Morgan fingerprint density at radius 3 is 2.33 bits per heavy atom. The number of carbonyl (C=O) groups excluding carboxylic acids is 1. The average Bonchev–Trinajstić information content (AvgIpc) is 2.33. The Morgan fingerprint density at radius 1 is 1.33 bits per heavy atom. The van der Waals surface area contributed by atoms with Crippen LogP contribution in [0.2, 0.25) is 0 Å². The molecule has 3 heteroatoms. The molecule has 0 unspecified atom stereocenters. The quantitative estimate of drug-likeness (QED) is 0.858. The van der Waals surface area contributed by atoms with Gasteiger partial charge < -0.3 is 10.4 Å². The van der Waals surface area contributed by atoms with E-state index in [1.807, 2.05) is 24.3 Å². The summed E-state index contributed by atoms with van der Waals surface area (Å²) in [5, 5.41) is 12.3. The molecule has 0 aliphatic heterocycles. The van der Waals surface area contributed by atoms with Crippen LogP contribution in [0.25, 0.3) is 0 Å². The van der Waals surface area contributed by atoms with E-state index in [2.05, 4.69) is 19.2 Å². The van der Waals surface area contributed by atoms with E-state index in [-0.39, 0.29) is 18.1 Å². The van der Waals surface area contributed by atoms with Crippen LogP contribution in [0, 0.1) is 0 Å². The molecule has 18 heavy (non-hydrogen) atoms. The van der Waals surface area contributed by atoms with Gasteiger partial charge >= 0.3 is 0 Å². The molecule has 98 valence electrons. The van der Waals surface area contributed by atoms with Crippen molar-refractivity contribution in [1.29, 1.82) is 0 Å². The van der Waals surface area contributed by atoms with E-state index in [4.69, 9.17) is 0 Å². The highest BCUT2D eigenvalue weighted by atomic mass is 16.3. The molecule has 1 aliphatic rings. The lowest BCUT2D eigenvalue weighted by molar-refractivity contribution is 0.0641. The van der Waals surface area contributed by atoms with E-state index in [1.165, 1.54) is 5.56 Å². The third-order valence-electron chi connectivity index (χ3n) is 3.83. The first kappa shape index (κ1) is 13.1. The summed E-state index contributed by atoms with van der Waals surface area (Å²) in [6, 6.07) is 7.70. The Hall–Kier alpha value is -1.35. The van der Waals surface area contributed by atoms with Crippen molar-refractivity contribution < 1.29 is 9.90 Å². The Morgan fingerprint density at radius 2 is 1.94 bits per heavy atom. The van der Waals surface area contributed by atoms with Crippen molar-refractivity contribution in [3.8, 4) is 0 Å². The summed E-state index contributed by atoms with van der Waals surface area (Å²) >= 11 is 0. The molecule has 1 fully saturated rings. The molecule has 0 aromatic heterocycles. The predicted molar refractivity (Wildman–Crippen MR) is 71.7 cm³/mol. The van der Waals surface area contributed by atoms with Gasteiger partial charge in [0.25, 0.3) is 5.91 Å². The molecule has 1 aromatic carbocycles. The second-order valence-electron chi connectivity index (χ2n) is 5.52. The third-order valence-corrected chi connectivity index (χ3v) is 3.83. The Labute approximate surface area is 108 Å². The fourth-order valence-electron chi connectivity index (χ4n) is 2.26. The second-order valence-corrected chi connectivity index (χ2v) is 5.52. The summed E-state index contributed by atoms with van der Waals surface area (Å²) in [7, 11) is 0. The molecule has 3 nitrogen and oxygen atoms in total. The maximum Gasteiger partial charge on any atom is 0.251 e. The number of carbonyl (C=O) groups is 1. The van der Waals surface area contributed by atoms with Crippen LogP contribution in [0.15, 0.2) is 24.3 Å². The predicted octanol–water partition coefficient (Wildman–Crippen LogP) is 2.45. The normalized spacial score (nSPS) is 17.3. The van der Waals surface area contributed by atoms with Gasteiger partial charge in [-0.2, -0.15) is 0 Å². The summed E-state index contributed by atoms with van der Waals surface area (Å²) in [4.78, 5) is 12.1. The van der Waals surface area contributed by atoms with Crippen molar-refractivity contribution >= 4 is 5.91 Å². The zero-order valence-corrected chi connectivity index (χ0v) is 11.1. The van der Waals surface area contributed by atoms with E-state index >= 15 is 0 Å². The zero-order valence-electron chi connectivity index (χ0n) is 11.1. The second kappa shape index (κ2) is 5.11. The summed E-state index contributed by atoms with van der Waals surface area (Å²) in [5.41, 5.74) is 1.53. The van der Waals surface area contributed by atoms with Crippen LogP contribution in [0.1, 0.15) is 54.9 Å². The molecule has 1 saturated carbocycles. The molecule has 2 N–H and O–H groups in total. The van der Waals surface area contributed by atoms with Gasteiger partial charge in [-0.15, -0.1) is 0 Å². The number of aliphatic hydroxyl groups excluding tert-OH is 1. The van der Waals surface area contributed by atoms with Gasteiger partial charge in [0, 0.05) is 5.56 Å². The topological polar surface area (TPSA) is 49.3 Å². The van der Waals surface area contributed by atoms with Crippen LogP contribution in [0.5, 0.6) is 0 Å². The highest BCUT2D eigenvalue weighted by Crippen LogP contribution is 2.31. The van der Waals surface area contributed by atoms with Crippen molar-refractivity contribution in [1.82, 2.24) is 5.32 Å². The lowest BCUT2D eigenvalue weighted by atomic mass is 9.77. The maximum absolute atomic E-state index is 12.1. The minimum absolute atomic E-state index is 0.0306. The largest absolute Gasteiger partial charge is 0.394 e. The fraction of sp³-hybridized carbons (Fsp3) is 0.533. The average molecular weight is 247 g/mol. The van der Waals surface area contributed by atoms with Crippen LogP contribution >= 0.6 is 0 Å². The lowest BCUT2D eigenvalue weighted by Gasteiger charge is -2.40. The Balaban J connectivity index is 2.05. The highest BCUT2D eigenvalue weighted by molar-refractivity contribution is 5.94. The summed E-state index contributed by atoms with van der Waals surface area (Å²) < 4.78 is 0. The van der Waals surface area contributed by atoms with E-state index in [1.54, 1.807) is 0 Å². The van der Waals surface area contributed by atoms with Gasteiger partial charge in [0.1, 0.15) is 0 Å². The van der Waals surface area contributed by atoms with E-state index < -0.39 is 0 Å². The number of aliphatic hydroxyl groups is 1. The number of hydrogen-bond acceptors (Lipinski definition) is 2. The third kappa shape index (κ3) is 2.56. The van der Waals surface area contributed by atoms with Gasteiger partial charge in [-0.05, 0) is 42.9 Å². The van der Waals surface area contributed by atoms with Crippen LogP contribution in [-0.2, 0) is 0 Å². The summed E-state index contributed by atoms with van der Waals surface area (Å²) in [6.45, 7) is 4.29. The van der Waals surface area contributed by atoms with Gasteiger partial charge in [0.05, 0.1) is 12.1 Å². The molecule has 0 atom stereocenters. The first-order chi connectivity index (χ1) is 8.56. The highest BCUT2D eigenvalue weighted by Gasteiger charge is 2.37. The molecule has 0 saturated heterocycles. The molecule has 1 aromatic rings. The van der Waals surface area contributed by atoms with E-state index in [0.29, 0.717) is 11.5 Å². The molecule has 1 aliphatic carbocycles. The standard InChI is InChI=1S/C15H21NO2/c1-11(2)12-4-6-13(7-5-12)14(18)16-15(10-17)8-3-9-15/h4-7,11,17H,3,8-10H2,1-2H3,(H,16,18). The number of amides is 1. The van der Waals surface area contributed by atoms with E-state index in [0.717, 1.165) is 19.3 Å². The first-order valence-corrected chi connectivity index (χ1v) is 6.60. The Kier molecular flexibility index (Phi) is 3.71. The van der Waals surface area contributed by atoms with Gasteiger partial charge in [0.2, 0.25) is 0 Å². The minimum atomic E-state index is -0.367. The summed E-state index contributed by atoms with van der Waals surface area (Å²) in [5.74, 6) is 0.386. The molecular formula is C15H21NO2. The molecule has 0 heterocycles. The molecule has 0 spiro atoms. The van der Waals surface area contributed by atoms with Gasteiger partial charge in [-0.1, -0.05) is 26.0 Å². The Bertz CT molecular complexity index is 413. The van der Waals surface area contributed by atoms with Crippen LogP contribution in [0.4, 0.5) is 0 Å². The minimum Gasteiger partial charge on any atom is -0.394 e. The van der Waals surface area contributed by atoms with Crippen molar-refractivity contribution in [3.63, 3.8) is 0 Å². The number of rotatable bonds is 4. The van der Waals surface area contributed by atoms with Gasteiger partial charge in [-0.3, -0.25) is 4.79 Å².